The van der Waals surface area contributed by atoms with Crippen LogP contribution >= 0.6 is 15.9 Å². The normalized spacial score (nSPS) is 10.7. The van der Waals surface area contributed by atoms with Crippen molar-refractivity contribution in [3.8, 4) is 5.75 Å². The van der Waals surface area contributed by atoms with Gasteiger partial charge in [-0.1, -0.05) is 22.9 Å². The molecule has 1 rings (SSSR count). The molecule has 0 radical (unpaired) electrons. The summed E-state index contributed by atoms with van der Waals surface area (Å²) >= 11 is 3.34. The molecule has 0 atom stereocenters. The molecule has 1 N–H and O–H groups in total. The van der Waals surface area contributed by atoms with Crippen LogP contribution in [0.25, 0.3) is 0 Å². The van der Waals surface area contributed by atoms with E-state index in [1.807, 2.05) is 6.92 Å². The molecule has 0 aliphatic heterocycles. The lowest BCUT2D eigenvalue weighted by atomic mass is 10.2. The highest BCUT2D eigenvalue weighted by atomic mass is 79.9. The Morgan fingerprint density at radius 3 is 2.80 bits per heavy atom. The lowest BCUT2D eigenvalue weighted by Gasteiger charge is -2.09. The van der Waals surface area contributed by atoms with Crippen molar-refractivity contribution in [3.63, 3.8) is 0 Å². The number of ether oxygens (including phenoxy) is 1. The lowest BCUT2D eigenvalue weighted by Crippen LogP contribution is -2.12. The van der Waals surface area contributed by atoms with Crippen LogP contribution in [0.15, 0.2) is 22.7 Å². The van der Waals surface area contributed by atoms with E-state index < -0.39 is 6.61 Å². The summed E-state index contributed by atoms with van der Waals surface area (Å²) in [6.07, 6.45) is 0. The number of hydrogen-bond acceptors (Lipinski definition) is 2. The summed E-state index contributed by atoms with van der Waals surface area (Å²) in [5, 5.41) is 3.11. The van der Waals surface area contributed by atoms with Crippen LogP contribution in [0.1, 0.15) is 12.5 Å². The van der Waals surface area contributed by atoms with Gasteiger partial charge in [-0.05, 0) is 30.3 Å². The van der Waals surface area contributed by atoms with Gasteiger partial charge in [0.2, 0.25) is 0 Å². The zero-order chi connectivity index (χ0) is 11.3. The van der Waals surface area contributed by atoms with Crippen LogP contribution in [-0.4, -0.2) is 13.2 Å². The molecule has 0 aliphatic rings. The van der Waals surface area contributed by atoms with Gasteiger partial charge in [-0.3, -0.25) is 0 Å². The number of halogens is 3. The second-order valence-corrected chi connectivity index (χ2v) is 3.77. The van der Waals surface area contributed by atoms with E-state index in [1.165, 1.54) is 6.07 Å². The van der Waals surface area contributed by atoms with Crippen LogP contribution in [-0.2, 0) is 6.54 Å². The van der Waals surface area contributed by atoms with E-state index in [1.54, 1.807) is 12.1 Å². The van der Waals surface area contributed by atoms with Crippen molar-refractivity contribution in [3.05, 3.63) is 28.2 Å². The van der Waals surface area contributed by atoms with Crippen molar-refractivity contribution in [2.45, 2.75) is 20.1 Å². The predicted molar refractivity (Wildman–Crippen MR) is 58.2 cm³/mol. The van der Waals surface area contributed by atoms with Crippen LogP contribution < -0.4 is 10.1 Å². The Bertz CT molecular complexity index is 320. The van der Waals surface area contributed by atoms with Gasteiger partial charge in [-0.25, -0.2) is 0 Å². The summed E-state index contributed by atoms with van der Waals surface area (Å²) in [5.41, 5.74) is 0.898. The Morgan fingerprint density at radius 2 is 2.20 bits per heavy atom. The average molecular weight is 280 g/mol. The standard InChI is InChI=1S/C10H12BrF2NO/c1-2-14-6-7-5-8(15-10(12)13)3-4-9(7)11/h3-5,10,14H,2,6H2,1H3. The number of benzene rings is 1. The van der Waals surface area contributed by atoms with Crippen molar-refractivity contribution in [1.29, 1.82) is 0 Å². The molecule has 1 aromatic carbocycles. The van der Waals surface area contributed by atoms with Gasteiger partial charge in [0.15, 0.2) is 0 Å². The number of hydrogen-bond donors (Lipinski definition) is 1. The third-order valence-electron chi connectivity index (χ3n) is 1.81. The zero-order valence-corrected chi connectivity index (χ0v) is 9.85. The van der Waals surface area contributed by atoms with E-state index in [0.29, 0.717) is 6.54 Å². The van der Waals surface area contributed by atoms with Crippen LogP contribution in [0.2, 0.25) is 0 Å². The van der Waals surface area contributed by atoms with E-state index >= 15 is 0 Å². The number of rotatable bonds is 5. The van der Waals surface area contributed by atoms with Crippen molar-refractivity contribution in [2.75, 3.05) is 6.54 Å². The topological polar surface area (TPSA) is 21.3 Å². The second-order valence-electron chi connectivity index (χ2n) is 2.91. The molecule has 0 heterocycles. The second kappa shape index (κ2) is 6.02. The molecule has 5 heteroatoms. The third-order valence-corrected chi connectivity index (χ3v) is 2.58. The molecule has 0 aliphatic carbocycles. The summed E-state index contributed by atoms with van der Waals surface area (Å²) in [4.78, 5) is 0. The molecule has 0 saturated carbocycles. The van der Waals surface area contributed by atoms with Gasteiger partial charge in [0.05, 0.1) is 0 Å². The Morgan fingerprint density at radius 1 is 1.47 bits per heavy atom. The monoisotopic (exact) mass is 279 g/mol. The van der Waals surface area contributed by atoms with Crippen molar-refractivity contribution in [2.24, 2.45) is 0 Å². The predicted octanol–water partition coefficient (Wildman–Crippen LogP) is 3.16. The first kappa shape index (κ1) is 12.4. The van der Waals surface area contributed by atoms with Crippen LogP contribution in [0.3, 0.4) is 0 Å². The van der Waals surface area contributed by atoms with Gasteiger partial charge in [0.1, 0.15) is 5.75 Å². The Hall–Kier alpha value is -0.680. The fourth-order valence-corrected chi connectivity index (χ4v) is 1.51. The zero-order valence-electron chi connectivity index (χ0n) is 8.27. The number of nitrogens with one attached hydrogen (secondary N) is 1. The molecule has 0 unspecified atom stereocenters. The summed E-state index contributed by atoms with van der Waals surface area (Å²) < 4.78 is 29.1. The highest BCUT2D eigenvalue weighted by molar-refractivity contribution is 9.10. The fourth-order valence-electron chi connectivity index (χ4n) is 1.12. The van der Waals surface area contributed by atoms with Gasteiger partial charge >= 0.3 is 6.61 Å². The summed E-state index contributed by atoms with van der Waals surface area (Å²) in [7, 11) is 0. The first-order valence-electron chi connectivity index (χ1n) is 4.57. The maximum absolute atomic E-state index is 12.0. The van der Waals surface area contributed by atoms with E-state index in [-0.39, 0.29) is 5.75 Å². The van der Waals surface area contributed by atoms with Gasteiger partial charge < -0.3 is 10.1 Å². The molecular formula is C10H12BrF2NO. The van der Waals surface area contributed by atoms with Gasteiger partial charge in [0, 0.05) is 11.0 Å². The van der Waals surface area contributed by atoms with Crippen LogP contribution in [0, 0.1) is 0 Å². The molecular weight excluding hydrogens is 268 g/mol. The summed E-state index contributed by atoms with van der Waals surface area (Å²) in [6, 6.07) is 4.80. The Kier molecular flexibility index (Phi) is 4.98. The molecule has 0 bridgehead atoms. The molecule has 0 fully saturated rings. The first-order valence-corrected chi connectivity index (χ1v) is 5.36. The van der Waals surface area contributed by atoms with Crippen LogP contribution in [0.5, 0.6) is 5.75 Å². The maximum atomic E-state index is 12.0. The molecule has 0 spiro atoms. The molecule has 15 heavy (non-hydrogen) atoms. The van der Waals surface area contributed by atoms with E-state index in [2.05, 4.69) is 26.0 Å². The highest BCUT2D eigenvalue weighted by Gasteiger charge is 2.06. The quantitative estimate of drug-likeness (QED) is 0.894. The molecule has 84 valence electrons. The van der Waals surface area contributed by atoms with Gasteiger partial charge in [-0.15, -0.1) is 0 Å². The van der Waals surface area contributed by atoms with Gasteiger partial charge in [-0.2, -0.15) is 8.78 Å². The van der Waals surface area contributed by atoms with Crippen molar-refractivity contribution < 1.29 is 13.5 Å². The van der Waals surface area contributed by atoms with Gasteiger partial charge in [0.25, 0.3) is 0 Å². The molecule has 0 aromatic heterocycles. The maximum Gasteiger partial charge on any atom is 0.387 e. The smallest absolute Gasteiger partial charge is 0.387 e. The minimum atomic E-state index is -2.78. The van der Waals surface area contributed by atoms with Crippen molar-refractivity contribution in [1.82, 2.24) is 5.32 Å². The third kappa shape index (κ3) is 4.13. The summed E-state index contributed by atoms with van der Waals surface area (Å²) in [6.45, 7) is 0.648. The Balaban J connectivity index is 2.75. The minimum Gasteiger partial charge on any atom is -0.435 e. The minimum absolute atomic E-state index is 0.182. The molecule has 0 saturated heterocycles. The number of alkyl halides is 2. The fraction of sp³-hybridized carbons (Fsp3) is 0.400. The lowest BCUT2D eigenvalue weighted by molar-refractivity contribution is -0.0498. The molecule has 2 nitrogen and oxygen atoms in total. The largest absolute Gasteiger partial charge is 0.435 e. The SMILES string of the molecule is CCNCc1cc(OC(F)F)ccc1Br. The van der Waals surface area contributed by atoms with Crippen LogP contribution in [0.4, 0.5) is 8.78 Å². The van der Waals surface area contributed by atoms with E-state index in [4.69, 9.17) is 0 Å². The molecule has 0 amide bonds. The Labute approximate surface area is 95.8 Å². The average Bonchev–Trinajstić information content (AvgIpc) is 2.18. The highest BCUT2D eigenvalue weighted by Crippen LogP contribution is 2.23. The van der Waals surface area contributed by atoms with E-state index in [0.717, 1.165) is 16.6 Å². The van der Waals surface area contributed by atoms with Crippen molar-refractivity contribution >= 4 is 15.9 Å². The summed E-state index contributed by atoms with van der Waals surface area (Å²) in [5.74, 6) is 0.182. The first-order chi connectivity index (χ1) is 7.13. The molecule has 1 aromatic rings. The van der Waals surface area contributed by atoms with E-state index in [9.17, 15) is 8.78 Å².